The van der Waals surface area contributed by atoms with Crippen LogP contribution in [0.3, 0.4) is 0 Å². The molecular formula is C13H22O4S. The topological polar surface area (TPSA) is 63.6 Å². The maximum atomic E-state index is 11.7. The zero-order chi connectivity index (χ0) is 13.6. The molecule has 1 aliphatic carbocycles. The van der Waals surface area contributed by atoms with Crippen molar-refractivity contribution in [1.29, 1.82) is 0 Å². The van der Waals surface area contributed by atoms with Crippen molar-refractivity contribution in [2.45, 2.75) is 51.2 Å². The molecule has 1 N–H and O–H groups in total. The van der Waals surface area contributed by atoms with Crippen molar-refractivity contribution < 1.29 is 19.4 Å². The lowest BCUT2D eigenvalue weighted by molar-refractivity contribution is -0.142. The molecule has 0 spiro atoms. The summed E-state index contributed by atoms with van der Waals surface area (Å²) >= 11 is 1.57. The van der Waals surface area contributed by atoms with E-state index in [-0.39, 0.29) is 23.1 Å². The highest BCUT2D eigenvalue weighted by Crippen LogP contribution is 2.51. The Kier molecular flexibility index (Phi) is 5.99. The number of carboxylic acids is 1. The number of hydrogen-bond acceptors (Lipinski definition) is 4. The molecular weight excluding hydrogens is 252 g/mol. The van der Waals surface area contributed by atoms with Crippen LogP contribution in [0.1, 0.15) is 46.0 Å². The number of carboxylic acid groups (broad SMARTS) is 1. The molecule has 5 heteroatoms. The Hall–Kier alpha value is -0.710. The van der Waals surface area contributed by atoms with Crippen LogP contribution in [0.2, 0.25) is 0 Å². The van der Waals surface area contributed by atoms with Crippen LogP contribution >= 0.6 is 11.8 Å². The molecule has 0 aromatic rings. The van der Waals surface area contributed by atoms with Gasteiger partial charge in [0, 0.05) is 5.75 Å². The molecule has 0 saturated heterocycles. The summed E-state index contributed by atoms with van der Waals surface area (Å²) in [6.45, 7) is 4.25. The van der Waals surface area contributed by atoms with E-state index in [9.17, 15) is 9.59 Å². The lowest BCUT2D eigenvalue weighted by atomic mass is 10.1. The van der Waals surface area contributed by atoms with E-state index < -0.39 is 5.97 Å². The second-order valence-corrected chi connectivity index (χ2v) is 6.10. The third-order valence-corrected chi connectivity index (χ3v) is 4.78. The number of ether oxygens (including phenoxy) is 1. The maximum Gasteiger partial charge on any atom is 0.319 e. The van der Waals surface area contributed by atoms with Gasteiger partial charge in [-0.05, 0) is 31.6 Å². The van der Waals surface area contributed by atoms with Gasteiger partial charge >= 0.3 is 11.9 Å². The van der Waals surface area contributed by atoms with Gasteiger partial charge < -0.3 is 9.84 Å². The average Bonchev–Trinajstić information content (AvgIpc) is 3.03. The minimum Gasteiger partial charge on any atom is -0.481 e. The van der Waals surface area contributed by atoms with Crippen molar-refractivity contribution >= 4 is 23.7 Å². The smallest absolute Gasteiger partial charge is 0.319 e. The van der Waals surface area contributed by atoms with Crippen LogP contribution in [0.25, 0.3) is 0 Å². The first-order valence-corrected chi connectivity index (χ1v) is 7.58. The Bertz CT molecular complexity index is 299. The molecule has 18 heavy (non-hydrogen) atoms. The van der Waals surface area contributed by atoms with E-state index in [1.807, 2.05) is 6.92 Å². The standard InChI is InChI=1S/C13H22O4S/c1-3-5-10(12(16)17-4-2)18-9-13(6-7-13)8-11(14)15/h10H,3-9H2,1-2H3,(H,14,15). The fourth-order valence-electron chi connectivity index (χ4n) is 1.91. The highest BCUT2D eigenvalue weighted by molar-refractivity contribution is 8.00. The number of thioether (sulfide) groups is 1. The van der Waals surface area contributed by atoms with Crippen LogP contribution in [0.15, 0.2) is 0 Å². The Morgan fingerprint density at radius 1 is 1.39 bits per heavy atom. The van der Waals surface area contributed by atoms with E-state index in [4.69, 9.17) is 9.84 Å². The molecule has 1 aliphatic rings. The number of hydrogen-bond donors (Lipinski definition) is 1. The zero-order valence-electron chi connectivity index (χ0n) is 11.1. The number of carbonyl (C=O) groups excluding carboxylic acids is 1. The van der Waals surface area contributed by atoms with Crippen molar-refractivity contribution in [2.75, 3.05) is 12.4 Å². The molecule has 0 aromatic carbocycles. The normalized spacial score (nSPS) is 18.1. The molecule has 0 radical (unpaired) electrons. The van der Waals surface area contributed by atoms with Gasteiger partial charge in [-0.2, -0.15) is 0 Å². The third-order valence-electron chi connectivity index (χ3n) is 3.17. The molecule has 0 heterocycles. The van der Waals surface area contributed by atoms with Crippen LogP contribution in [-0.2, 0) is 14.3 Å². The highest BCUT2D eigenvalue weighted by Gasteiger charge is 2.45. The van der Waals surface area contributed by atoms with Gasteiger partial charge in [0.25, 0.3) is 0 Å². The lowest BCUT2D eigenvalue weighted by Crippen LogP contribution is -2.22. The number of carbonyl (C=O) groups is 2. The molecule has 4 nitrogen and oxygen atoms in total. The molecule has 1 saturated carbocycles. The van der Waals surface area contributed by atoms with Crippen molar-refractivity contribution in [3.05, 3.63) is 0 Å². The summed E-state index contributed by atoms with van der Waals surface area (Å²) in [6, 6.07) is 0. The summed E-state index contributed by atoms with van der Waals surface area (Å²) in [5.74, 6) is -0.144. The molecule has 1 fully saturated rings. The second kappa shape index (κ2) is 7.02. The van der Waals surface area contributed by atoms with Gasteiger partial charge in [0.15, 0.2) is 0 Å². The van der Waals surface area contributed by atoms with E-state index >= 15 is 0 Å². The molecule has 0 aliphatic heterocycles. The molecule has 1 rings (SSSR count). The minimum atomic E-state index is -0.740. The Morgan fingerprint density at radius 3 is 2.50 bits per heavy atom. The molecule has 0 bridgehead atoms. The van der Waals surface area contributed by atoms with E-state index in [2.05, 4.69) is 0 Å². The van der Waals surface area contributed by atoms with Gasteiger partial charge in [-0.3, -0.25) is 9.59 Å². The Balaban J connectivity index is 2.42. The fourth-order valence-corrected chi connectivity index (χ4v) is 3.47. The van der Waals surface area contributed by atoms with Crippen LogP contribution in [-0.4, -0.2) is 34.7 Å². The first kappa shape index (κ1) is 15.3. The molecule has 104 valence electrons. The van der Waals surface area contributed by atoms with Crippen LogP contribution in [0.4, 0.5) is 0 Å². The summed E-state index contributed by atoms with van der Waals surface area (Å²) in [5.41, 5.74) is -0.0605. The quantitative estimate of drug-likeness (QED) is 0.655. The number of aliphatic carboxylic acids is 1. The Labute approximate surface area is 112 Å². The van der Waals surface area contributed by atoms with Crippen molar-refractivity contribution in [1.82, 2.24) is 0 Å². The monoisotopic (exact) mass is 274 g/mol. The summed E-state index contributed by atoms with van der Waals surface area (Å²) in [4.78, 5) is 22.5. The highest BCUT2D eigenvalue weighted by atomic mass is 32.2. The number of rotatable bonds is 9. The van der Waals surface area contributed by atoms with Crippen molar-refractivity contribution in [2.24, 2.45) is 5.41 Å². The van der Waals surface area contributed by atoms with Gasteiger partial charge in [0.05, 0.1) is 13.0 Å². The van der Waals surface area contributed by atoms with Gasteiger partial charge in [-0.25, -0.2) is 0 Å². The van der Waals surface area contributed by atoms with E-state index in [1.165, 1.54) is 0 Å². The summed E-state index contributed by atoms with van der Waals surface area (Å²) in [7, 11) is 0. The Morgan fingerprint density at radius 2 is 2.06 bits per heavy atom. The molecule has 1 atom stereocenters. The van der Waals surface area contributed by atoms with Crippen LogP contribution in [0.5, 0.6) is 0 Å². The predicted octanol–water partition coefficient (Wildman–Crippen LogP) is 2.71. The SMILES string of the molecule is CCCC(SCC1(CC(=O)O)CC1)C(=O)OCC. The fraction of sp³-hybridized carbons (Fsp3) is 0.846. The average molecular weight is 274 g/mol. The lowest BCUT2D eigenvalue weighted by Gasteiger charge is -2.18. The molecule has 0 aromatic heterocycles. The predicted molar refractivity (Wildman–Crippen MR) is 71.7 cm³/mol. The molecule has 1 unspecified atom stereocenters. The second-order valence-electron chi connectivity index (χ2n) is 4.91. The third kappa shape index (κ3) is 4.88. The van der Waals surface area contributed by atoms with Crippen LogP contribution in [0, 0.1) is 5.41 Å². The zero-order valence-corrected chi connectivity index (χ0v) is 11.9. The number of esters is 1. The van der Waals surface area contributed by atoms with Crippen molar-refractivity contribution in [3.63, 3.8) is 0 Å². The van der Waals surface area contributed by atoms with Gasteiger partial charge in [0.2, 0.25) is 0 Å². The van der Waals surface area contributed by atoms with Gasteiger partial charge in [-0.15, -0.1) is 11.8 Å². The maximum absolute atomic E-state index is 11.7. The summed E-state index contributed by atoms with van der Waals surface area (Å²) in [6.07, 6.45) is 3.89. The largest absolute Gasteiger partial charge is 0.481 e. The first-order chi connectivity index (χ1) is 8.53. The van der Waals surface area contributed by atoms with Crippen molar-refractivity contribution in [3.8, 4) is 0 Å². The van der Waals surface area contributed by atoms with E-state index in [0.717, 1.165) is 31.4 Å². The summed E-state index contributed by atoms with van der Waals surface area (Å²) in [5, 5.41) is 8.71. The first-order valence-electron chi connectivity index (χ1n) is 6.53. The molecule has 0 amide bonds. The van der Waals surface area contributed by atoms with Crippen LogP contribution < -0.4 is 0 Å². The van der Waals surface area contributed by atoms with E-state index in [0.29, 0.717) is 6.61 Å². The van der Waals surface area contributed by atoms with Gasteiger partial charge in [0.1, 0.15) is 5.25 Å². The van der Waals surface area contributed by atoms with Gasteiger partial charge in [-0.1, -0.05) is 13.3 Å². The summed E-state index contributed by atoms with van der Waals surface area (Å²) < 4.78 is 5.05. The van der Waals surface area contributed by atoms with E-state index in [1.54, 1.807) is 18.7 Å². The minimum absolute atomic E-state index is 0.0605.